The number of aliphatic imine (C=N–C) groups is 1. The van der Waals surface area contributed by atoms with Gasteiger partial charge in [-0.15, -0.1) is 0 Å². The molecule has 0 radical (unpaired) electrons. The highest BCUT2D eigenvalue weighted by Gasteiger charge is 2.52. The van der Waals surface area contributed by atoms with E-state index in [0.717, 1.165) is 28.7 Å². The lowest BCUT2D eigenvalue weighted by atomic mass is 9.87. The third-order valence-corrected chi connectivity index (χ3v) is 5.39. The second-order valence-electron chi connectivity index (χ2n) is 7.14. The number of aromatic nitrogens is 1. The maximum Gasteiger partial charge on any atom is 0.416 e. The second-order valence-corrected chi connectivity index (χ2v) is 7.14. The molecule has 1 aromatic heterocycles. The molecule has 2 aromatic carbocycles. The zero-order chi connectivity index (χ0) is 20.4. The van der Waals surface area contributed by atoms with Crippen LogP contribution in [0.3, 0.4) is 0 Å². The van der Waals surface area contributed by atoms with E-state index in [0.29, 0.717) is 6.54 Å². The van der Waals surface area contributed by atoms with Gasteiger partial charge in [-0.05, 0) is 42.5 Å². The van der Waals surface area contributed by atoms with Crippen LogP contribution in [0, 0.1) is 0 Å². The number of hydrogen-bond donors (Lipinski definition) is 1. The number of fused-ring (bicyclic) bond motifs is 3. The van der Waals surface area contributed by atoms with Gasteiger partial charge in [-0.2, -0.15) is 13.2 Å². The molecular weight excluding hydrogens is 383 g/mol. The summed E-state index contributed by atoms with van der Waals surface area (Å²) in [4.78, 5) is 23.3. The fourth-order valence-corrected chi connectivity index (χ4v) is 3.89. The number of rotatable bonds is 1. The summed E-state index contributed by atoms with van der Waals surface area (Å²) in [6, 6.07) is 12.1. The van der Waals surface area contributed by atoms with Crippen LogP contribution in [0.4, 0.5) is 24.5 Å². The summed E-state index contributed by atoms with van der Waals surface area (Å²) in [5.41, 5.74) is -1.45. The molecule has 0 spiro atoms. The van der Waals surface area contributed by atoms with Crippen molar-refractivity contribution >= 4 is 33.9 Å². The van der Waals surface area contributed by atoms with Crippen LogP contribution < -0.4 is 4.90 Å². The third-order valence-electron chi connectivity index (χ3n) is 5.39. The summed E-state index contributed by atoms with van der Waals surface area (Å²) >= 11 is 0. The first-order chi connectivity index (χ1) is 13.8. The number of carbonyl (C=O) groups excluding carboxylic acids is 1. The molecule has 1 N–H and O–H groups in total. The standard InChI is InChI=1S/C21H14F3N3O2/c22-21(23,24)13-3-5-17-15(11-13)18(28)20(29)7-9-27(19(20)26-17)14-4-6-16-12(10-14)2-1-8-25-16/h1-6,8,10-11,29H,7,9H2. The second kappa shape index (κ2) is 5.87. The van der Waals surface area contributed by atoms with Gasteiger partial charge in [0.2, 0.25) is 5.78 Å². The lowest BCUT2D eigenvalue weighted by molar-refractivity contribution is -0.137. The molecule has 5 rings (SSSR count). The molecular formula is C21H14F3N3O2. The van der Waals surface area contributed by atoms with Crippen molar-refractivity contribution in [1.82, 2.24) is 4.98 Å². The van der Waals surface area contributed by atoms with Gasteiger partial charge in [0.1, 0.15) is 5.84 Å². The summed E-state index contributed by atoms with van der Waals surface area (Å²) in [7, 11) is 0. The van der Waals surface area contributed by atoms with Crippen LogP contribution in [-0.4, -0.2) is 33.9 Å². The number of pyridine rings is 1. The number of alkyl halides is 3. The molecule has 1 saturated heterocycles. The zero-order valence-corrected chi connectivity index (χ0v) is 14.9. The number of benzene rings is 2. The molecule has 5 nitrogen and oxygen atoms in total. The van der Waals surface area contributed by atoms with E-state index in [1.807, 2.05) is 30.3 Å². The summed E-state index contributed by atoms with van der Waals surface area (Å²) in [6.07, 6.45) is -2.85. The number of hydrogen-bond acceptors (Lipinski definition) is 5. The third kappa shape index (κ3) is 2.63. The maximum atomic E-state index is 13.0. The van der Waals surface area contributed by atoms with Gasteiger partial charge in [0.15, 0.2) is 5.60 Å². The van der Waals surface area contributed by atoms with Crippen LogP contribution in [0.2, 0.25) is 0 Å². The van der Waals surface area contributed by atoms with Crippen LogP contribution in [-0.2, 0) is 6.18 Å². The fourth-order valence-electron chi connectivity index (χ4n) is 3.89. The van der Waals surface area contributed by atoms with E-state index in [1.54, 1.807) is 11.1 Å². The molecule has 1 atom stereocenters. The topological polar surface area (TPSA) is 65.8 Å². The minimum atomic E-state index is -4.58. The van der Waals surface area contributed by atoms with Gasteiger partial charge < -0.3 is 10.0 Å². The molecule has 1 unspecified atom stereocenters. The highest BCUT2D eigenvalue weighted by atomic mass is 19.4. The van der Waals surface area contributed by atoms with Crippen LogP contribution in [0.1, 0.15) is 22.3 Å². The van der Waals surface area contributed by atoms with Crippen molar-refractivity contribution in [2.24, 2.45) is 4.99 Å². The predicted octanol–water partition coefficient (Wildman–Crippen LogP) is 4.12. The number of nitrogens with zero attached hydrogens (tertiary/aromatic N) is 3. The molecule has 3 aromatic rings. The lowest BCUT2D eigenvalue weighted by Crippen LogP contribution is -2.48. The quantitative estimate of drug-likeness (QED) is 0.671. The number of ketones is 1. The minimum Gasteiger partial charge on any atom is -0.374 e. The van der Waals surface area contributed by atoms with Crippen molar-refractivity contribution in [3.8, 4) is 0 Å². The van der Waals surface area contributed by atoms with Gasteiger partial charge in [0, 0.05) is 35.8 Å². The Hall–Kier alpha value is -3.26. The molecule has 8 heteroatoms. The minimum absolute atomic E-state index is 0.0471. The Labute approximate surface area is 163 Å². The Morgan fingerprint density at radius 2 is 1.93 bits per heavy atom. The van der Waals surface area contributed by atoms with E-state index in [2.05, 4.69) is 9.98 Å². The molecule has 29 heavy (non-hydrogen) atoms. The molecule has 2 aliphatic rings. The highest BCUT2D eigenvalue weighted by Crippen LogP contribution is 2.41. The highest BCUT2D eigenvalue weighted by molar-refractivity contribution is 6.28. The first-order valence-electron chi connectivity index (χ1n) is 8.97. The van der Waals surface area contributed by atoms with Gasteiger partial charge in [0.25, 0.3) is 0 Å². The Morgan fingerprint density at radius 3 is 2.72 bits per heavy atom. The molecule has 146 valence electrons. The Kier molecular flexibility index (Phi) is 3.61. The first kappa shape index (κ1) is 17.8. The Balaban J connectivity index is 1.62. The van der Waals surface area contributed by atoms with Gasteiger partial charge in [-0.25, -0.2) is 4.99 Å². The molecule has 1 fully saturated rings. The Morgan fingerprint density at radius 1 is 1.10 bits per heavy atom. The van der Waals surface area contributed by atoms with E-state index in [9.17, 15) is 23.1 Å². The van der Waals surface area contributed by atoms with E-state index in [4.69, 9.17) is 0 Å². The summed E-state index contributed by atoms with van der Waals surface area (Å²) in [5, 5.41) is 11.9. The van der Waals surface area contributed by atoms with Gasteiger partial charge in [0.05, 0.1) is 16.8 Å². The maximum absolute atomic E-state index is 13.0. The van der Waals surface area contributed by atoms with Crippen molar-refractivity contribution in [2.75, 3.05) is 11.4 Å². The van der Waals surface area contributed by atoms with E-state index in [1.165, 1.54) is 6.07 Å². The molecule has 0 aliphatic carbocycles. The van der Waals surface area contributed by atoms with Crippen LogP contribution >= 0.6 is 0 Å². The molecule has 3 heterocycles. The number of aliphatic hydroxyl groups is 1. The normalized spacial score (nSPS) is 21.2. The van der Waals surface area contributed by atoms with Gasteiger partial charge in [-0.1, -0.05) is 6.07 Å². The van der Waals surface area contributed by atoms with Crippen molar-refractivity contribution in [3.05, 3.63) is 65.9 Å². The molecule has 0 bridgehead atoms. The molecule has 2 aliphatic heterocycles. The first-order valence-corrected chi connectivity index (χ1v) is 8.97. The van der Waals surface area contributed by atoms with Crippen LogP contribution in [0.25, 0.3) is 10.9 Å². The summed E-state index contributed by atoms with van der Waals surface area (Å²) in [6.45, 7) is 0.312. The average Bonchev–Trinajstić information content (AvgIpc) is 3.05. The number of Topliss-reactive ketones (excluding diaryl/α,β-unsaturated/α-hetero) is 1. The lowest BCUT2D eigenvalue weighted by Gasteiger charge is -2.30. The van der Waals surface area contributed by atoms with E-state index in [-0.39, 0.29) is 23.5 Å². The van der Waals surface area contributed by atoms with Crippen molar-refractivity contribution in [1.29, 1.82) is 0 Å². The van der Waals surface area contributed by atoms with Crippen LogP contribution in [0.15, 0.2) is 59.7 Å². The van der Waals surface area contributed by atoms with Crippen molar-refractivity contribution in [3.63, 3.8) is 0 Å². The average molecular weight is 397 g/mol. The summed E-state index contributed by atoms with van der Waals surface area (Å²) in [5.74, 6) is -0.619. The van der Waals surface area contributed by atoms with Crippen molar-refractivity contribution < 1.29 is 23.1 Å². The van der Waals surface area contributed by atoms with Gasteiger partial charge in [-0.3, -0.25) is 9.78 Å². The largest absolute Gasteiger partial charge is 0.416 e. The Bertz CT molecular complexity index is 1210. The van der Waals surface area contributed by atoms with E-state index >= 15 is 0 Å². The zero-order valence-electron chi connectivity index (χ0n) is 14.9. The monoisotopic (exact) mass is 397 g/mol. The SMILES string of the molecule is O=C1c2cc(C(F)(F)F)ccc2N=C2N(c3ccc4ncccc4c3)CCC12O. The molecule has 0 amide bonds. The number of amidine groups is 1. The number of halogens is 3. The van der Waals surface area contributed by atoms with Crippen LogP contribution in [0.5, 0.6) is 0 Å². The predicted molar refractivity (Wildman–Crippen MR) is 102 cm³/mol. The van der Waals surface area contributed by atoms with Gasteiger partial charge >= 0.3 is 6.18 Å². The fraction of sp³-hybridized carbons (Fsp3) is 0.190. The molecule has 0 saturated carbocycles. The van der Waals surface area contributed by atoms with Crippen molar-refractivity contribution in [2.45, 2.75) is 18.2 Å². The van der Waals surface area contributed by atoms with E-state index < -0.39 is 23.1 Å². The number of anilines is 1. The number of carbonyl (C=O) groups is 1. The smallest absolute Gasteiger partial charge is 0.374 e. The summed E-state index contributed by atoms with van der Waals surface area (Å²) < 4.78 is 39.1.